The molecule has 3 heterocycles. The van der Waals surface area contributed by atoms with Gasteiger partial charge in [0.1, 0.15) is 0 Å². The molecule has 0 saturated carbocycles. The zero-order valence-corrected chi connectivity index (χ0v) is 10.9. The van der Waals surface area contributed by atoms with Crippen molar-refractivity contribution in [3.05, 3.63) is 0 Å². The number of ether oxygens (including phenoxy) is 2. The Morgan fingerprint density at radius 3 is 2.78 bits per heavy atom. The van der Waals surface area contributed by atoms with Gasteiger partial charge in [-0.25, -0.2) is 0 Å². The summed E-state index contributed by atoms with van der Waals surface area (Å²) >= 11 is 0. The van der Waals surface area contributed by atoms with Crippen LogP contribution in [0.2, 0.25) is 0 Å². The standard InChI is InChI=1S/C13H23N3O2/c14-13-15-8-12(10-3-6-17-7-4-10)16(13)9-11-2-1-5-18-11/h10-12H,1-9H2,(H2,14,15). The molecule has 0 aromatic heterocycles. The van der Waals surface area contributed by atoms with Gasteiger partial charge in [0.25, 0.3) is 0 Å². The van der Waals surface area contributed by atoms with Crippen LogP contribution < -0.4 is 5.73 Å². The predicted octanol–water partition coefficient (Wildman–Crippen LogP) is 0.591. The lowest BCUT2D eigenvalue weighted by Crippen LogP contribution is -2.48. The third-order valence-electron chi connectivity index (χ3n) is 4.37. The number of nitrogens with two attached hydrogens (primary N) is 1. The molecule has 0 aliphatic carbocycles. The third kappa shape index (κ3) is 2.47. The molecule has 102 valence electrons. The minimum atomic E-state index is 0.346. The number of guanidine groups is 1. The van der Waals surface area contributed by atoms with Crippen molar-refractivity contribution in [1.82, 2.24) is 4.90 Å². The lowest BCUT2D eigenvalue weighted by molar-refractivity contribution is 0.0323. The van der Waals surface area contributed by atoms with E-state index in [1.54, 1.807) is 0 Å². The zero-order chi connectivity index (χ0) is 12.4. The third-order valence-corrected chi connectivity index (χ3v) is 4.37. The molecule has 0 aromatic rings. The van der Waals surface area contributed by atoms with Crippen molar-refractivity contribution in [3.63, 3.8) is 0 Å². The molecule has 3 aliphatic rings. The summed E-state index contributed by atoms with van der Waals surface area (Å²) < 4.78 is 11.2. The number of rotatable bonds is 3. The van der Waals surface area contributed by atoms with Crippen LogP contribution in [-0.2, 0) is 9.47 Å². The Morgan fingerprint density at radius 2 is 2.06 bits per heavy atom. The zero-order valence-electron chi connectivity index (χ0n) is 10.9. The Balaban J connectivity index is 1.62. The molecule has 3 aliphatic heterocycles. The molecular weight excluding hydrogens is 230 g/mol. The van der Waals surface area contributed by atoms with E-state index >= 15 is 0 Å². The second-order valence-corrected chi connectivity index (χ2v) is 5.50. The number of hydrogen-bond donors (Lipinski definition) is 1. The minimum Gasteiger partial charge on any atom is -0.381 e. The van der Waals surface area contributed by atoms with Crippen LogP contribution in [0.25, 0.3) is 0 Å². The second kappa shape index (κ2) is 5.45. The lowest BCUT2D eigenvalue weighted by atomic mass is 9.91. The summed E-state index contributed by atoms with van der Waals surface area (Å²) in [6.45, 7) is 4.43. The van der Waals surface area contributed by atoms with Crippen molar-refractivity contribution >= 4 is 5.96 Å². The number of hydrogen-bond acceptors (Lipinski definition) is 5. The molecule has 2 atom stereocenters. The fraction of sp³-hybridized carbons (Fsp3) is 0.923. The van der Waals surface area contributed by atoms with E-state index in [9.17, 15) is 0 Å². The molecule has 0 amide bonds. The van der Waals surface area contributed by atoms with E-state index in [-0.39, 0.29) is 0 Å². The average Bonchev–Trinajstić information content (AvgIpc) is 3.03. The van der Waals surface area contributed by atoms with Crippen LogP contribution >= 0.6 is 0 Å². The van der Waals surface area contributed by atoms with Crippen molar-refractivity contribution < 1.29 is 9.47 Å². The topological polar surface area (TPSA) is 60.1 Å². The smallest absolute Gasteiger partial charge is 0.191 e. The van der Waals surface area contributed by atoms with E-state index in [1.807, 2.05) is 0 Å². The molecule has 0 radical (unpaired) electrons. The van der Waals surface area contributed by atoms with Crippen LogP contribution in [0, 0.1) is 5.92 Å². The summed E-state index contributed by atoms with van der Waals surface area (Å²) in [6.07, 6.45) is 4.95. The van der Waals surface area contributed by atoms with Gasteiger partial charge in [0, 0.05) is 26.4 Å². The summed E-state index contributed by atoms with van der Waals surface area (Å²) in [6, 6.07) is 0.470. The normalized spacial score (nSPS) is 34.0. The summed E-state index contributed by atoms with van der Waals surface area (Å²) in [7, 11) is 0. The fourth-order valence-electron chi connectivity index (χ4n) is 3.29. The molecule has 3 rings (SSSR count). The maximum atomic E-state index is 6.04. The van der Waals surface area contributed by atoms with Gasteiger partial charge in [-0.2, -0.15) is 0 Å². The quantitative estimate of drug-likeness (QED) is 0.800. The Hall–Kier alpha value is -0.810. The van der Waals surface area contributed by atoms with Crippen LogP contribution in [0.5, 0.6) is 0 Å². The summed E-state index contributed by atoms with van der Waals surface area (Å²) in [5.41, 5.74) is 6.04. The van der Waals surface area contributed by atoms with Crippen LogP contribution in [0.1, 0.15) is 25.7 Å². The predicted molar refractivity (Wildman–Crippen MR) is 69.5 cm³/mol. The highest BCUT2D eigenvalue weighted by atomic mass is 16.5. The molecule has 0 aromatic carbocycles. The van der Waals surface area contributed by atoms with Crippen molar-refractivity contribution in [2.75, 3.05) is 32.9 Å². The van der Waals surface area contributed by atoms with Gasteiger partial charge in [-0.3, -0.25) is 4.99 Å². The van der Waals surface area contributed by atoms with E-state index in [1.165, 1.54) is 6.42 Å². The molecule has 0 spiro atoms. The highest BCUT2D eigenvalue weighted by Crippen LogP contribution is 2.27. The summed E-state index contributed by atoms with van der Waals surface area (Å²) in [5, 5.41) is 0. The van der Waals surface area contributed by atoms with Gasteiger partial charge in [-0.1, -0.05) is 0 Å². The fourth-order valence-corrected chi connectivity index (χ4v) is 3.29. The Morgan fingerprint density at radius 1 is 1.22 bits per heavy atom. The Labute approximate surface area is 108 Å². The van der Waals surface area contributed by atoms with E-state index in [2.05, 4.69) is 9.89 Å². The van der Waals surface area contributed by atoms with Crippen LogP contribution in [0.4, 0.5) is 0 Å². The van der Waals surface area contributed by atoms with Crippen LogP contribution in [-0.4, -0.2) is 55.9 Å². The van der Waals surface area contributed by atoms with Crippen LogP contribution in [0.15, 0.2) is 4.99 Å². The molecule has 0 bridgehead atoms. The van der Waals surface area contributed by atoms with Gasteiger partial charge in [-0.15, -0.1) is 0 Å². The second-order valence-electron chi connectivity index (χ2n) is 5.50. The van der Waals surface area contributed by atoms with Crippen molar-refractivity contribution in [3.8, 4) is 0 Å². The Kier molecular flexibility index (Phi) is 3.70. The van der Waals surface area contributed by atoms with Gasteiger partial charge in [0.2, 0.25) is 0 Å². The molecule has 18 heavy (non-hydrogen) atoms. The largest absolute Gasteiger partial charge is 0.381 e. The highest BCUT2D eigenvalue weighted by Gasteiger charge is 2.35. The molecule has 2 fully saturated rings. The van der Waals surface area contributed by atoms with Gasteiger partial charge in [0.05, 0.1) is 18.7 Å². The minimum absolute atomic E-state index is 0.346. The van der Waals surface area contributed by atoms with E-state index in [0.717, 1.165) is 52.2 Å². The molecule has 5 heteroatoms. The van der Waals surface area contributed by atoms with Gasteiger partial charge in [-0.05, 0) is 31.6 Å². The van der Waals surface area contributed by atoms with E-state index < -0.39 is 0 Å². The van der Waals surface area contributed by atoms with E-state index in [0.29, 0.717) is 24.0 Å². The monoisotopic (exact) mass is 253 g/mol. The molecule has 2 N–H and O–H groups in total. The lowest BCUT2D eigenvalue weighted by Gasteiger charge is -2.35. The first kappa shape index (κ1) is 12.2. The van der Waals surface area contributed by atoms with Crippen LogP contribution in [0.3, 0.4) is 0 Å². The molecule has 2 unspecified atom stereocenters. The first-order valence-corrected chi connectivity index (χ1v) is 7.10. The Bertz CT molecular complexity index is 309. The summed E-state index contributed by atoms with van der Waals surface area (Å²) in [4.78, 5) is 6.72. The van der Waals surface area contributed by atoms with Crippen molar-refractivity contribution in [2.24, 2.45) is 16.6 Å². The van der Waals surface area contributed by atoms with Gasteiger partial charge >= 0.3 is 0 Å². The number of aliphatic imine (C=N–C) groups is 1. The maximum absolute atomic E-state index is 6.04. The SMILES string of the molecule is NC1=NCC(C2CCOCC2)N1CC1CCCO1. The summed E-state index contributed by atoms with van der Waals surface area (Å²) in [5.74, 6) is 1.38. The molecule has 2 saturated heterocycles. The number of nitrogens with zero attached hydrogens (tertiary/aromatic N) is 2. The highest BCUT2D eigenvalue weighted by molar-refractivity contribution is 5.80. The first-order valence-electron chi connectivity index (χ1n) is 7.10. The van der Waals surface area contributed by atoms with Crippen molar-refractivity contribution in [2.45, 2.75) is 37.8 Å². The molecule has 5 nitrogen and oxygen atoms in total. The average molecular weight is 253 g/mol. The molecular formula is C13H23N3O2. The van der Waals surface area contributed by atoms with Crippen molar-refractivity contribution in [1.29, 1.82) is 0 Å². The van der Waals surface area contributed by atoms with Gasteiger partial charge < -0.3 is 20.1 Å². The maximum Gasteiger partial charge on any atom is 0.191 e. The first-order chi connectivity index (χ1) is 8.84. The van der Waals surface area contributed by atoms with Gasteiger partial charge in [0.15, 0.2) is 5.96 Å². The van der Waals surface area contributed by atoms with E-state index in [4.69, 9.17) is 15.2 Å².